The Bertz CT molecular complexity index is 711. The van der Waals surface area contributed by atoms with Gasteiger partial charge >= 0.3 is 11.9 Å². The summed E-state index contributed by atoms with van der Waals surface area (Å²) in [6, 6.07) is 5.01. The van der Waals surface area contributed by atoms with Gasteiger partial charge in [0.1, 0.15) is 5.82 Å². The minimum Gasteiger partial charge on any atom is -0.473 e. The Morgan fingerprint density at radius 3 is 2.55 bits per heavy atom. The second-order valence-electron chi connectivity index (χ2n) is 4.59. The first-order valence-electron chi connectivity index (χ1n) is 6.41. The fraction of sp³-hybridized carbons (Fsp3) is 0.133. The number of benzene rings is 1. The fourth-order valence-corrected chi connectivity index (χ4v) is 2.17. The third kappa shape index (κ3) is 3.78. The van der Waals surface area contributed by atoms with Gasteiger partial charge in [-0.15, -0.1) is 0 Å². The molecule has 0 saturated heterocycles. The van der Waals surface area contributed by atoms with E-state index in [1.165, 1.54) is 11.6 Å². The van der Waals surface area contributed by atoms with E-state index in [1.807, 2.05) is 6.07 Å². The van der Waals surface area contributed by atoms with Crippen molar-refractivity contribution in [1.82, 2.24) is 9.97 Å². The summed E-state index contributed by atoms with van der Waals surface area (Å²) in [5.74, 6) is -3.80. The molecule has 1 aliphatic rings. The van der Waals surface area contributed by atoms with E-state index in [4.69, 9.17) is 19.8 Å². The standard InChI is InChI=1S/C13H11FN2.C2H2O4/c14-11-3-4-13-9(5-11)1-2-10(13)6-12-7-15-8-16-12;3-1(4)2(5)6/h3-8H,1-2H2,(H,15,16);(H,3,4)(H,5,6). The number of allylic oxidation sites excluding steroid dienone is 1. The van der Waals surface area contributed by atoms with Gasteiger partial charge in [0.15, 0.2) is 0 Å². The van der Waals surface area contributed by atoms with Crippen LogP contribution in [0.15, 0.2) is 30.7 Å². The molecule has 1 aromatic carbocycles. The maximum Gasteiger partial charge on any atom is 0.414 e. The van der Waals surface area contributed by atoms with Gasteiger partial charge in [0, 0.05) is 0 Å². The predicted molar refractivity (Wildman–Crippen MR) is 76.5 cm³/mol. The topological polar surface area (TPSA) is 103 Å². The average Bonchev–Trinajstić information content (AvgIpc) is 3.10. The van der Waals surface area contributed by atoms with Gasteiger partial charge in [-0.25, -0.2) is 19.0 Å². The van der Waals surface area contributed by atoms with Gasteiger partial charge in [-0.2, -0.15) is 0 Å². The zero-order chi connectivity index (χ0) is 16.1. The number of aromatic amines is 1. The molecule has 0 unspecified atom stereocenters. The maximum absolute atomic E-state index is 13.0. The molecular weight excluding hydrogens is 291 g/mol. The summed E-state index contributed by atoms with van der Waals surface area (Å²) in [5.41, 5.74) is 4.51. The van der Waals surface area contributed by atoms with Crippen molar-refractivity contribution < 1.29 is 24.2 Å². The van der Waals surface area contributed by atoms with E-state index in [9.17, 15) is 4.39 Å². The Labute approximate surface area is 124 Å². The van der Waals surface area contributed by atoms with Crippen LogP contribution in [0.1, 0.15) is 23.2 Å². The van der Waals surface area contributed by atoms with Crippen molar-refractivity contribution in [3.05, 3.63) is 53.4 Å². The largest absolute Gasteiger partial charge is 0.473 e. The van der Waals surface area contributed by atoms with Crippen LogP contribution in [0, 0.1) is 5.82 Å². The van der Waals surface area contributed by atoms with Crippen molar-refractivity contribution in [3.8, 4) is 0 Å². The Morgan fingerprint density at radius 1 is 1.23 bits per heavy atom. The first-order valence-corrected chi connectivity index (χ1v) is 6.41. The molecule has 0 fully saturated rings. The van der Waals surface area contributed by atoms with Gasteiger partial charge in [-0.1, -0.05) is 6.07 Å². The highest BCUT2D eigenvalue weighted by Crippen LogP contribution is 2.33. The molecule has 1 aliphatic carbocycles. The number of fused-ring (bicyclic) bond motifs is 1. The quantitative estimate of drug-likeness (QED) is 0.701. The summed E-state index contributed by atoms with van der Waals surface area (Å²) in [7, 11) is 0. The monoisotopic (exact) mass is 304 g/mol. The van der Waals surface area contributed by atoms with E-state index in [2.05, 4.69) is 16.0 Å². The molecule has 6 nitrogen and oxygen atoms in total. The number of nitrogens with one attached hydrogen (secondary N) is 1. The van der Waals surface area contributed by atoms with E-state index in [-0.39, 0.29) is 5.82 Å². The van der Waals surface area contributed by atoms with Gasteiger partial charge in [0.05, 0.1) is 18.2 Å². The molecule has 0 atom stereocenters. The second kappa shape index (κ2) is 6.66. The zero-order valence-electron chi connectivity index (χ0n) is 11.4. The van der Waals surface area contributed by atoms with E-state index in [0.29, 0.717) is 0 Å². The van der Waals surface area contributed by atoms with Crippen molar-refractivity contribution in [1.29, 1.82) is 0 Å². The average molecular weight is 304 g/mol. The highest BCUT2D eigenvalue weighted by Gasteiger charge is 2.16. The first kappa shape index (κ1) is 15.4. The number of carboxylic acids is 2. The smallest absolute Gasteiger partial charge is 0.414 e. The molecule has 1 aromatic heterocycles. The number of aliphatic carboxylic acids is 2. The molecule has 3 rings (SSSR count). The summed E-state index contributed by atoms with van der Waals surface area (Å²) in [6.45, 7) is 0. The number of carboxylic acid groups (broad SMARTS) is 2. The second-order valence-corrected chi connectivity index (χ2v) is 4.59. The Balaban J connectivity index is 0.000000254. The van der Waals surface area contributed by atoms with E-state index >= 15 is 0 Å². The third-order valence-corrected chi connectivity index (χ3v) is 3.11. The third-order valence-electron chi connectivity index (χ3n) is 3.11. The van der Waals surface area contributed by atoms with Gasteiger partial charge < -0.3 is 15.2 Å². The number of hydrogen-bond acceptors (Lipinski definition) is 3. The highest BCUT2D eigenvalue weighted by atomic mass is 19.1. The lowest BCUT2D eigenvalue weighted by Gasteiger charge is -2.00. The summed E-state index contributed by atoms with van der Waals surface area (Å²) in [6.07, 6.45) is 7.42. The summed E-state index contributed by atoms with van der Waals surface area (Å²) >= 11 is 0. The first-order chi connectivity index (χ1) is 10.5. The molecule has 22 heavy (non-hydrogen) atoms. The number of rotatable bonds is 1. The molecular formula is C15H13FN2O4. The zero-order valence-corrected chi connectivity index (χ0v) is 11.4. The van der Waals surface area contributed by atoms with Crippen LogP contribution in [-0.2, 0) is 16.0 Å². The Hall–Kier alpha value is -2.96. The lowest BCUT2D eigenvalue weighted by atomic mass is 10.1. The maximum atomic E-state index is 13.0. The molecule has 0 radical (unpaired) electrons. The van der Waals surface area contributed by atoms with Gasteiger partial charge in [0.2, 0.25) is 0 Å². The highest BCUT2D eigenvalue weighted by molar-refractivity contribution is 6.27. The lowest BCUT2D eigenvalue weighted by Crippen LogP contribution is -2.09. The predicted octanol–water partition coefficient (Wildman–Crippen LogP) is 2.19. The Kier molecular flexibility index (Phi) is 4.67. The fourth-order valence-electron chi connectivity index (χ4n) is 2.17. The summed E-state index contributed by atoms with van der Waals surface area (Å²) < 4.78 is 13.0. The normalized spacial score (nSPS) is 14.1. The molecule has 2 aromatic rings. The van der Waals surface area contributed by atoms with Crippen molar-refractivity contribution in [2.75, 3.05) is 0 Å². The minimum absolute atomic E-state index is 0.151. The number of hydrogen-bond donors (Lipinski definition) is 3. The van der Waals surface area contributed by atoms with Crippen molar-refractivity contribution >= 4 is 23.6 Å². The minimum atomic E-state index is -1.82. The van der Waals surface area contributed by atoms with Crippen LogP contribution in [0.5, 0.6) is 0 Å². The molecule has 0 bridgehead atoms. The van der Waals surface area contributed by atoms with E-state index in [1.54, 1.807) is 18.6 Å². The van der Waals surface area contributed by atoms with Gasteiger partial charge in [-0.3, -0.25) is 0 Å². The number of nitrogens with zero attached hydrogens (tertiary/aromatic N) is 1. The van der Waals surface area contributed by atoms with Crippen molar-refractivity contribution in [2.24, 2.45) is 0 Å². The summed E-state index contributed by atoms with van der Waals surface area (Å²) in [4.78, 5) is 25.2. The number of H-pyrrole nitrogens is 1. The lowest BCUT2D eigenvalue weighted by molar-refractivity contribution is -0.159. The molecule has 0 saturated carbocycles. The number of halogens is 1. The van der Waals surface area contributed by atoms with Crippen LogP contribution < -0.4 is 0 Å². The van der Waals surface area contributed by atoms with Crippen molar-refractivity contribution in [2.45, 2.75) is 12.8 Å². The van der Waals surface area contributed by atoms with Crippen LogP contribution in [0.4, 0.5) is 4.39 Å². The molecule has 7 heteroatoms. The number of aryl methyl sites for hydroxylation is 1. The number of aromatic nitrogens is 2. The van der Waals surface area contributed by atoms with E-state index < -0.39 is 11.9 Å². The number of carbonyl (C=O) groups is 2. The molecule has 0 aliphatic heterocycles. The van der Waals surface area contributed by atoms with Gasteiger partial charge in [-0.05, 0) is 47.8 Å². The van der Waals surface area contributed by atoms with Crippen LogP contribution in [0.2, 0.25) is 0 Å². The van der Waals surface area contributed by atoms with Crippen LogP contribution >= 0.6 is 0 Å². The Morgan fingerprint density at radius 2 is 1.95 bits per heavy atom. The van der Waals surface area contributed by atoms with Gasteiger partial charge in [0.25, 0.3) is 0 Å². The molecule has 0 amide bonds. The number of imidazole rings is 1. The molecule has 3 N–H and O–H groups in total. The van der Waals surface area contributed by atoms with Crippen LogP contribution in [0.3, 0.4) is 0 Å². The summed E-state index contributed by atoms with van der Waals surface area (Å²) in [5, 5.41) is 14.8. The van der Waals surface area contributed by atoms with Crippen LogP contribution in [0.25, 0.3) is 11.6 Å². The van der Waals surface area contributed by atoms with Crippen molar-refractivity contribution in [3.63, 3.8) is 0 Å². The van der Waals surface area contributed by atoms with E-state index in [0.717, 1.165) is 29.7 Å². The molecule has 0 spiro atoms. The molecule has 1 heterocycles. The molecule has 114 valence electrons. The SMILES string of the molecule is Fc1ccc2c(c1)CCC2=Cc1cnc[nH]1.O=C(O)C(=O)O. The van der Waals surface area contributed by atoms with Crippen LogP contribution in [-0.4, -0.2) is 32.1 Å².